The van der Waals surface area contributed by atoms with E-state index in [1.807, 2.05) is 0 Å². The molecule has 35 heavy (non-hydrogen) atoms. The average molecular weight is 520 g/mol. The van der Waals surface area contributed by atoms with Gasteiger partial charge >= 0.3 is 0 Å². The van der Waals surface area contributed by atoms with Crippen LogP contribution in [0.5, 0.6) is 0 Å². The van der Waals surface area contributed by atoms with Gasteiger partial charge in [0.05, 0.1) is 13.2 Å². The molecule has 3 fully saturated rings. The highest BCUT2D eigenvalue weighted by atomic mass is 16.8. The molecule has 0 aromatic carbocycles. The van der Waals surface area contributed by atoms with E-state index in [4.69, 9.17) is 18.9 Å². The smallest absolute Gasteiger partial charge is 0.224 e. The van der Waals surface area contributed by atoms with Crippen molar-refractivity contribution in [2.75, 3.05) is 19.8 Å². The Labute approximate surface area is 197 Å². The first-order valence-corrected chi connectivity index (χ1v) is 10.7. The highest BCUT2D eigenvalue weighted by Gasteiger charge is 2.63. The Bertz CT molecular complexity index is 713. The molecule has 0 bridgehead atoms. The largest absolute Gasteiger partial charge is 0.394 e. The van der Waals surface area contributed by atoms with Crippen molar-refractivity contribution in [3.63, 3.8) is 0 Å². The monoisotopic (exact) mass is 520 g/mol. The van der Waals surface area contributed by atoms with Gasteiger partial charge in [-0.05, 0) is 0 Å². The van der Waals surface area contributed by atoms with Crippen LogP contribution in [-0.2, 0) is 18.9 Å². The van der Waals surface area contributed by atoms with Crippen molar-refractivity contribution in [3.8, 4) is 0 Å². The van der Waals surface area contributed by atoms with Gasteiger partial charge < -0.3 is 85.3 Å². The van der Waals surface area contributed by atoms with E-state index < -0.39 is 111 Å². The molecule has 3 heterocycles. The highest BCUT2D eigenvalue weighted by Crippen LogP contribution is 2.39. The van der Waals surface area contributed by atoms with Gasteiger partial charge in [0.15, 0.2) is 6.29 Å². The molecule has 3 unspecified atom stereocenters. The molecule has 0 spiro atoms. The summed E-state index contributed by atoms with van der Waals surface area (Å²) in [5, 5.41) is 131. The van der Waals surface area contributed by atoms with Crippen LogP contribution >= 0.6 is 0 Å². The Hall–Kier alpha value is -0.680. The van der Waals surface area contributed by atoms with E-state index in [0.29, 0.717) is 0 Å². The van der Waals surface area contributed by atoms with Crippen molar-refractivity contribution in [2.45, 2.75) is 91.1 Å². The summed E-state index contributed by atoms with van der Waals surface area (Å²) in [5.41, 5.74) is 0. The summed E-state index contributed by atoms with van der Waals surface area (Å²) < 4.78 is 20.7. The average Bonchev–Trinajstić information content (AvgIpc) is 3.09. The maximum Gasteiger partial charge on any atom is 0.224 e. The second kappa shape index (κ2) is 10.6. The Morgan fingerprint density at radius 3 is 1.77 bits per heavy atom. The van der Waals surface area contributed by atoms with Crippen LogP contribution in [0, 0.1) is 0 Å². The second-order valence-electron chi connectivity index (χ2n) is 8.76. The number of aliphatic hydroxyl groups excluding tert-OH is 12. The van der Waals surface area contributed by atoms with E-state index >= 15 is 0 Å². The van der Waals surface area contributed by atoms with Crippen LogP contribution in [-0.4, -0.2) is 177 Å². The first-order valence-electron chi connectivity index (χ1n) is 10.7. The predicted molar refractivity (Wildman–Crippen MR) is 102 cm³/mol. The van der Waals surface area contributed by atoms with E-state index in [2.05, 4.69) is 0 Å². The molecule has 13 N–H and O–H groups in total. The van der Waals surface area contributed by atoms with Crippen molar-refractivity contribution in [1.82, 2.24) is 0 Å². The van der Waals surface area contributed by atoms with Crippen LogP contribution in [0.2, 0.25) is 0 Å². The SMILES string of the molecule is OC[C@H]1OC(CO)(O[C@H]2O[C@H](C(O)C3(O)O[C@H](CO)[C@@H](O)[C@H](O)[C@H]3O)[C@@H](O)[C@H](O)[C@H]2O)[C@@H](O)[C@@H]1O. The molecule has 3 aliphatic rings. The zero-order valence-corrected chi connectivity index (χ0v) is 18.1. The van der Waals surface area contributed by atoms with Crippen molar-refractivity contribution in [1.29, 1.82) is 0 Å². The molecule has 0 aliphatic carbocycles. The minimum absolute atomic E-state index is 0.817. The van der Waals surface area contributed by atoms with E-state index in [-0.39, 0.29) is 0 Å². The standard InChI is InChI=1S/C18H32O17/c19-1-4-6(22)10(26)14(29)18(31,34-4)15(30)12-9(25)8(24)11(27)16(32-12)35-17(3-21)13(28)7(23)5(2-20)33-17/h4-16,19-31H,1-3H2/t4-,5-,6-,7-,8+,9+,10+,11-,12+,13+,14-,15?,16-,17?,18?/m1/s1. The van der Waals surface area contributed by atoms with Gasteiger partial charge in [-0.3, -0.25) is 0 Å². The zero-order valence-electron chi connectivity index (χ0n) is 18.1. The molecule has 0 amide bonds. The van der Waals surface area contributed by atoms with Gasteiger partial charge in [-0.1, -0.05) is 0 Å². The van der Waals surface area contributed by atoms with Crippen LogP contribution in [0.3, 0.4) is 0 Å². The number of aliphatic hydroxyl groups is 13. The lowest BCUT2D eigenvalue weighted by molar-refractivity contribution is -0.418. The van der Waals surface area contributed by atoms with E-state index in [9.17, 15) is 66.4 Å². The molecule has 0 aromatic heterocycles. The summed E-state index contributed by atoms with van der Waals surface area (Å²) in [4.78, 5) is 0. The van der Waals surface area contributed by atoms with Crippen molar-refractivity contribution in [3.05, 3.63) is 0 Å². The van der Waals surface area contributed by atoms with Gasteiger partial charge in [0.2, 0.25) is 11.6 Å². The summed E-state index contributed by atoms with van der Waals surface area (Å²) in [7, 11) is 0. The molecule has 206 valence electrons. The molecule has 3 aliphatic heterocycles. The molecular formula is C18H32O17. The first kappa shape index (κ1) is 28.9. The van der Waals surface area contributed by atoms with Gasteiger partial charge in [0.1, 0.15) is 79.9 Å². The Balaban J connectivity index is 1.87. The van der Waals surface area contributed by atoms with E-state index in [1.54, 1.807) is 0 Å². The lowest BCUT2D eigenvalue weighted by Gasteiger charge is -2.51. The zero-order chi connectivity index (χ0) is 26.5. The maximum atomic E-state index is 10.8. The van der Waals surface area contributed by atoms with Crippen LogP contribution in [0.25, 0.3) is 0 Å². The molecule has 3 saturated heterocycles. The van der Waals surface area contributed by atoms with Crippen molar-refractivity contribution in [2.24, 2.45) is 0 Å². The summed E-state index contributed by atoms with van der Waals surface area (Å²) in [5.74, 6) is -5.73. The van der Waals surface area contributed by atoms with Crippen LogP contribution < -0.4 is 0 Å². The Kier molecular flexibility index (Phi) is 8.74. The molecule has 17 heteroatoms. The fourth-order valence-corrected chi connectivity index (χ4v) is 4.36. The van der Waals surface area contributed by atoms with Crippen molar-refractivity contribution >= 4 is 0 Å². The highest BCUT2D eigenvalue weighted by molar-refractivity contribution is 5.05. The Morgan fingerprint density at radius 2 is 1.26 bits per heavy atom. The first-order chi connectivity index (χ1) is 16.3. The summed E-state index contributed by atoms with van der Waals surface area (Å²) in [6.07, 6.45) is -26.8. The molecule has 15 atom stereocenters. The quantitative estimate of drug-likeness (QED) is 0.148. The van der Waals surface area contributed by atoms with Crippen LogP contribution in [0.15, 0.2) is 0 Å². The molecule has 0 aromatic rings. The third-order valence-corrected chi connectivity index (χ3v) is 6.56. The van der Waals surface area contributed by atoms with Crippen LogP contribution in [0.1, 0.15) is 0 Å². The normalized spacial score (nSPS) is 54.1. The third-order valence-electron chi connectivity index (χ3n) is 6.56. The number of hydrogen-bond acceptors (Lipinski definition) is 17. The topological polar surface area (TPSA) is 300 Å². The summed E-state index contributed by atoms with van der Waals surface area (Å²) >= 11 is 0. The van der Waals surface area contributed by atoms with Gasteiger partial charge in [0, 0.05) is 0 Å². The fourth-order valence-electron chi connectivity index (χ4n) is 4.36. The number of hydrogen-bond donors (Lipinski definition) is 13. The molecular weight excluding hydrogens is 488 g/mol. The third kappa shape index (κ3) is 4.71. The van der Waals surface area contributed by atoms with E-state index in [1.165, 1.54) is 0 Å². The Morgan fingerprint density at radius 1 is 0.686 bits per heavy atom. The van der Waals surface area contributed by atoms with Crippen LogP contribution in [0.4, 0.5) is 0 Å². The van der Waals surface area contributed by atoms with Gasteiger partial charge in [0.25, 0.3) is 0 Å². The number of rotatable bonds is 7. The van der Waals surface area contributed by atoms with Crippen molar-refractivity contribution < 1.29 is 85.3 Å². The lowest BCUT2D eigenvalue weighted by Crippen LogP contribution is -2.74. The van der Waals surface area contributed by atoms with Gasteiger partial charge in [-0.15, -0.1) is 0 Å². The molecule has 17 nitrogen and oxygen atoms in total. The maximum absolute atomic E-state index is 10.8. The minimum atomic E-state index is -3.21. The fraction of sp³-hybridized carbons (Fsp3) is 1.00. The number of ether oxygens (including phenoxy) is 4. The van der Waals surface area contributed by atoms with Gasteiger partial charge in [-0.25, -0.2) is 0 Å². The summed E-state index contributed by atoms with van der Waals surface area (Å²) in [6.45, 7) is -2.97. The molecule has 0 saturated carbocycles. The molecule has 3 rings (SSSR count). The second-order valence-corrected chi connectivity index (χ2v) is 8.76. The predicted octanol–water partition coefficient (Wildman–Crippen LogP) is -8.86. The van der Waals surface area contributed by atoms with E-state index in [0.717, 1.165) is 0 Å². The van der Waals surface area contributed by atoms with Gasteiger partial charge in [-0.2, -0.15) is 0 Å². The lowest BCUT2D eigenvalue weighted by atomic mass is 9.84. The summed E-state index contributed by atoms with van der Waals surface area (Å²) in [6, 6.07) is 0. The molecule has 0 radical (unpaired) electrons. The minimum Gasteiger partial charge on any atom is -0.394 e.